The van der Waals surface area contributed by atoms with Crippen molar-refractivity contribution in [3.05, 3.63) is 40.4 Å². The van der Waals surface area contributed by atoms with Crippen molar-refractivity contribution in [2.75, 3.05) is 11.9 Å². The highest BCUT2D eigenvalue weighted by atomic mass is 35.5. The Labute approximate surface area is 172 Å². The van der Waals surface area contributed by atoms with Gasteiger partial charge in [0.25, 0.3) is 0 Å². The number of hydrogen-bond acceptors (Lipinski definition) is 7. The first kappa shape index (κ1) is 20.3. The largest absolute Gasteiger partial charge is 0.394 e. The molecule has 1 aromatic carbocycles. The van der Waals surface area contributed by atoms with Crippen LogP contribution in [0.1, 0.15) is 38.0 Å². The summed E-state index contributed by atoms with van der Waals surface area (Å²) in [6.07, 6.45) is 0.845. The van der Waals surface area contributed by atoms with Crippen LogP contribution in [0, 0.1) is 5.92 Å². The second kappa shape index (κ2) is 9.19. The van der Waals surface area contributed by atoms with Crippen molar-refractivity contribution in [3.63, 3.8) is 0 Å². The Morgan fingerprint density at radius 1 is 1.15 bits per heavy atom. The molecule has 0 saturated carbocycles. The number of aliphatic hydroxyl groups is 1. The van der Waals surface area contributed by atoms with Gasteiger partial charge in [-0.05, 0) is 24.8 Å². The fourth-order valence-electron chi connectivity index (χ4n) is 2.82. The summed E-state index contributed by atoms with van der Waals surface area (Å²) in [5, 5.41) is 13.9. The minimum atomic E-state index is -0.0756. The topological polar surface area (TPSA) is 70.9 Å². The Morgan fingerprint density at radius 3 is 2.56 bits per heavy atom. The van der Waals surface area contributed by atoms with E-state index in [2.05, 4.69) is 48.2 Å². The highest BCUT2D eigenvalue weighted by Crippen LogP contribution is 2.37. The molecule has 0 fully saturated rings. The Balaban J connectivity index is 1.90. The molecular weight excluding hydrogens is 400 g/mol. The summed E-state index contributed by atoms with van der Waals surface area (Å²) in [5.41, 5.74) is 1.80. The molecule has 0 saturated heterocycles. The van der Waals surface area contributed by atoms with Crippen LogP contribution in [0.15, 0.2) is 35.5 Å². The Hall–Kier alpha value is -1.41. The van der Waals surface area contributed by atoms with Gasteiger partial charge in [0.05, 0.1) is 12.6 Å². The fourth-order valence-corrected chi connectivity index (χ4v) is 4.71. The molecule has 3 rings (SSSR count). The van der Waals surface area contributed by atoms with Gasteiger partial charge in [-0.2, -0.15) is 0 Å². The molecule has 0 spiro atoms. The molecule has 5 nitrogen and oxygen atoms in total. The number of anilines is 1. The first-order chi connectivity index (χ1) is 13.0. The number of benzene rings is 1. The maximum absolute atomic E-state index is 9.73. The summed E-state index contributed by atoms with van der Waals surface area (Å²) >= 11 is 9.05. The number of nitrogens with one attached hydrogen (secondary N) is 1. The highest BCUT2D eigenvalue weighted by molar-refractivity contribution is 7.99. The van der Waals surface area contributed by atoms with Crippen LogP contribution >= 0.6 is 34.7 Å². The summed E-state index contributed by atoms with van der Waals surface area (Å²) in [4.78, 5) is 13.6. The summed E-state index contributed by atoms with van der Waals surface area (Å²) in [6.45, 7) is 6.43. The number of thioether (sulfide) groups is 1. The van der Waals surface area contributed by atoms with Crippen LogP contribution in [0.25, 0.3) is 10.3 Å². The van der Waals surface area contributed by atoms with Crippen LogP contribution in [0.3, 0.4) is 0 Å². The Kier molecular flexibility index (Phi) is 6.92. The van der Waals surface area contributed by atoms with Gasteiger partial charge in [0.15, 0.2) is 21.1 Å². The van der Waals surface area contributed by atoms with Gasteiger partial charge in [0, 0.05) is 5.25 Å². The lowest BCUT2D eigenvalue weighted by atomic mass is 10.0. The predicted molar refractivity (Wildman–Crippen MR) is 115 cm³/mol. The molecule has 2 heterocycles. The van der Waals surface area contributed by atoms with Crippen molar-refractivity contribution in [1.82, 2.24) is 15.0 Å². The van der Waals surface area contributed by atoms with E-state index in [1.165, 1.54) is 16.9 Å². The molecule has 3 aromatic rings. The molecule has 144 valence electrons. The highest BCUT2D eigenvalue weighted by Gasteiger charge is 2.18. The van der Waals surface area contributed by atoms with E-state index in [4.69, 9.17) is 16.6 Å². The van der Waals surface area contributed by atoms with Crippen molar-refractivity contribution in [3.8, 4) is 0 Å². The van der Waals surface area contributed by atoms with E-state index in [-0.39, 0.29) is 17.9 Å². The molecule has 0 aliphatic carbocycles. The van der Waals surface area contributed by atoms with Gasteiger partial charge in [-0.3, -0.25) is 0 Å². The average Bonchev–Trinajstić information content (AvgIpc) is 3.02. The van der Waals surface area contributed by atoms with Crippen LogP contribution in [-0.2, 0) is 0 Å². The number of halogens is 1. The van der Waals surface area contributed by atoms with Crippen LogP contribution in [-0.4, -0.2) is 32.7 Å². The molecule has 0 aliphatic rings. The number of hydrogen-bond donors (Lipinski definition) is 2. The third-order valence-electron chi connectivity index (χ3n) is 4.08. The molecule has 27 heavy (non-hydrogen) atoms. The Bertz CT molecular complexity index is 888. The van der Waals surface area contributed by atoms with Crippen molar-refractivity contribution in [1.29, 1.82) is 0 Å². The predicted octanol–water partition coefficient (Wildman–Crippen LogP) is 5.41. The molecule has 0 amide bonds. The molecule has 1 unspecified atom stereocenters. The number of aliphatic hydroxyl groups excluding tert-OH is 1. The van der Waals surface area contributed by atoms with Crippen LogP contribution in [0.5, 0.6) is 0 Å². The maximum atomic E-state index is 9.73. The second-order valence-corrected chi connectivity index (χ2v) is 9.69. The lowest BCUT2D eigenvalue weighted by molar-refractivity contribution is 0.259. The zero-order valence-corrected chi connectivity index (χ0v) is 17.9. The average molecular weight is 423 g/mol. The van der Waals surface area contributed by atoms with Crippen molar-refractivity contribution >= 4 is 50.9 Å². The first-order valence-corrected chi connectivity index (χ1v) is 11.0. The minimum Gasteiger partial charge on any atom is -0.394 e. The smallest absolute Gasteiger partial charge is 0.192 e. The SMILES string of the molecule is CC(C)C[C@H](CO)Nc1nc(SC(C)c2ccccc2)nc2nc(Cl)sc12. The normalized spacial score (nSPS) is 13.9. The zero-order chi connectivity index (χ0) is 19.4. The molecule has 2 atom stereocenters. The van der Waals surface area contributed by atoms with Crippen LogP contribution < -0.4 is 5.32 Å². The minimum absolute atomic E-state index is 0.0408. The Morgan fingerprint density at radius 2 is 1.89 bits per heavy atom. The number of nitrogens with zero attached hydrogens (tertiary/aromatic N) is 3. The summed E-state index contributed by atoms with van der Waals surface area (Å²) in [6, 6.07) is 10.2. The summed E-state index contributed by atoms with van der Waals surface area (Å²) in [7, 11) is 0. The van der Waals surface area contributed by atoms with Crippen LogP contribution in [0.2, 0.25) is 4.47 Å². The van der Waals surface area contributed by atoms with E-state index >= 15 is 0 Å². The number of aromatic nitrogens is 3. The summed E-state index contributed by atoms with van der Waals surface area (Å²) in [5.74, 6) is 1.15. The van der Waals surface area contributed by atoms with E-state index in [0.29, 0.717) is 27.0 Å². The van der Waals surface area contributed by atoms with Gasteiger partial charge >= 0.3 is 0 Å². The fraction of sp³-hybridized carbons (Fsp3) is 0.421. The van der Waals surface area contributed by atoms with Gasteiger partial charge in [0.2, 0.25) is 0 Å². The van der Waals surface area contributed by atoms with E-state index < -0.39 is 0 Å². The van der Waals surface area contributed by atoms with Gasteiger partial charge in [-0.25, -0.2) is 15.0 Å². The molecule has 0 radical (unpaired) electrons. The first-order valence-electron chi connectivity index (χ1n) is 8.89. The van der Waals surface area contributed by atoms with Gasteiger partial charge in [-0.15, -0.1) is 0 Å². The third-order valence-corrected chi connectivity index (χ3v) is 6.25. The lowest BCUT2D eigenvalue weighted by Gasteiger charge is -2.19. The van der Waals surface area contributed by atoms with E-state index in [0.717, 1.165) is 11.1 Å². The molecular formula is C19H23ClN4OS2. The van der Waals surface area contributed by atoms with Crippen molar-refractivity contribution in [2.24, 2.45) is 5.92 Å². The molecule has 0 aliphatic heterocycles. The number of rotatable bonds is 8. The molecule has 8 heteroatoms. The summed E-state index contributed by atoms with van der Waals surface area (Å²) < 4.78 is 1.25. The quantitative estimate of drug-likeness (QED) is 0.373. The van der Waals surface area contributed by atoms with Crippen molar-refractivity contribution in [2.45, 2.75) is 43.6 Å². The standard InChI is InChI=1S/C19H23ClN4OS2/c1-11(2)9-14(10-25)21-16-15-17(22-18(20)27-15)24-19(23-16)26-12(3)13-7-5-4-6-8-13/h4-8,11-12,14,25H,9-10H2,1-3H3,(H,21,23,24)/t12?,14-/m1/s1. The molecule has 2 N–H and O–H groups in total. The van der Waals surface area contributed by atoms with Gasteiger partial charge in [-0.1, -0.05) is 78.9 Å². The van der Waals surface area contributed by atoms with Crippen molar-refractivity contribution < 1.29 is 5.11 Å². The number of fused-ring (bicyclic) bond motifs is 1. The van der Waals surface area contributed by atoms with Gasteiger partial charge < -0.3 is 10.4 Å². The molecule has 0 bridgehead atoms. The van der Waals surface area contributed by atoms with E-state index in [9.17, 15) is 5.11 Å². The maximum Gasteiger partial charge on any atom is 0.192 e. The van der Waals surface area contributed by atoms with Crippen LogP contribution in [0.4, 0.5) is 5.82 Å². The monoisotopic (exact) mass is 422 g/mol. The number of thiazole rings is 1. The lowest BCUT2D eigenvalue weighted by Crippen LogP contribution is -2.26. The second-order valence-electron chi connectivity index (χ2n) is 6.80. The zero-order valence-electron chi connectivity index (χ0n) is 15.5. The van der Waals surface area contributed by atoms with E-state index in [1.807, 2.05) is 18.2 Å². The molecule has 2 aromatic heterocycles. The van der Waals surface area contributed by atoms with Gasteiger partial charge in [0.1, 0.15) is 4.70 Å². The van der Waals surface area contributed by atoms with E-state index in [1.54, 1.807) is 11.8 Å². The third kappa shape index (κ3) is 5.31.